The summed E-state index contributed by atoms with van der Waals surface area (Å²) in [5, 5.41) is 12.6. The molecule has 0 saturated heterocycles. The first-order valence-corrected chi connectivity index (χ1v) is 3.59. The Labute approximate surface area is 78.8 Å². The predicted octanol–water partition coefficient (Wildman–Crippen LogP) is 0.316. The molecule has 6 nitrogen and oxygen atoms in total. The van der Waals surface area contributed by atoms with Crippen LogP contribution in [0.2, 0.25) is 0 Å². The van der Waals surface area contributed by atoms with Crippen LogP contribution in [0.15, 0.2) is 22.9 Å². The molecule has 0 atom stereocenters. The molecule has 0 radical (unpaired) electrons. The van der Waals surface area contributed by atoms with Crippen molar-refractivity contribution in [1.29, 1.82) is 0 Å². The zero-order chi connectivity index (χ0) is 10.6. The monoisotopic (exact) mass is 197 g/mol. The number of hydrogen-bond donors (Lipinski definition) is 1. The van der Waals surface area contributed by atoms with Gasteiger partial charge < -0.3 is 14.4 Å². The molecule has 14 heavy (non-hydrogen) atoms. The molecule has 1 aromatic rings. The lowest BCUT2D eigenvalue weighted by Crippen LogP contribution is -2.13. The van der Waals surface area contributed by atoms with Crippen LogP contribution in [0.25, 0.3) is 5.76 Å². The largest absolute Gasteiger partial charge is 0.505 e. The van der Waals surface area contributed by atoms with Crippen LogP contribution in [0.4, 0.5) is 0 Å². The molecule has 6 heteroatoms. The molecule has 0 bridgehead atoms. The van der Waals surface area contributed by atoms with Gasteiger partial charge in [0.15, 0.2) is 0 Å². The number of ketones is 1. The van der Waals surface area contributed by atoms with E-state index in [0.29, 0.717) is 6.08 Å². The van der Waals surface area contributed by atoms with Crippen molar-refractivity contribution in [2.45, 2.75) is 0 Å². The van der Waals surface area contributed by atoms with Crippen LogP contribution >= 0.6 is 0 Å². The number of methoxy groups -OCH3 is 1. The van der Waals surface area contributed by atoms with Crippen LogP contribution in [0.5, 0.6) is 0 Å². The second-order valence-corrected chi connectivity index (χ2v) is 2.27. The highest BCUT2D eigenvalue weighted by atomic mass is 16.5. The number of rotatable bonds is 3. The molecular formula is C8H7NO5. The lowest BCUT2D eigenvalue weighted by molar-refractivity contribution is -0.149. The number of esters is 1. The summed E-state index contributed by atoms with van der Waals surface area (Å²) >= 11 is 0. The van der Waals surface area contributed by atoms with Gasteiger partial charge in [-0.25, -0.2) is 4.79 Å². The number of aliphatic hydroxyl groups excluding tert-OH is 1. The van der Waals surface area contributed by atoms with Crippen LogP contribution < -0.4 is 0 Å². The normalized spacial score (nSPS) is 11.1. The Morgan fingerprint density at radius 1 is 1.64 bits per heavy atom. The van der Waals surface area contributed by atoms with Crippen molar-refractivity contribution in [3.63, 3.8) is 0 Å². The molecule has 0 unspecified atom stereocenters. The van der Waals surface area contributed by atoms with Gasteiger partial charge in [-0.05, 0) is 0 Å². The van der Waals surface area contributed by atoms with E-state index in [0.717, 1.165) is 7.11 Å². The number of ether oxygens (including phenoxy) is 1. The summed E-state index contributed by atoms with van der Waals surface area (Å²) in [6, 6.07) is 1.34. The molecule has 0 spiro atoms. The molecule has 0 fully saturated rings. The van der Waals surface area contributed by atoms with E-state index in [2.05, 4.69) is 14.4 Å². The van der Waals surface area contributed by atoms with Crippen molar-refractivity contribution in [2.24, 2.45) is 0 Å². The molecule has 1 aromatic heterocycles. The second kappa shape index (κ2) is 4.22. The molecular weight excluding hydrogens is 190 g/mol. The third kappa shape index (κ3) is 2.19. The van der Waals surface area contributed by atoms with Crippen LogP contribution in [0, 0.1) is 0 Å². The Morgan fingerprint density at radius 2 is 2.36 bits per heavy atom. The summed E-state index contributed by atoms with van der Waals surface area (Å²) in [6.45, 7) is 0. The molecule has 1 N–H and O–H groups in total. The fraction of sp³-hybridized carbons (Fsp3) is 0.125. The van der Waals surface area contributed by atoms with Gasteiger partial charge in [-0.1, -0.05) is 5.16 Å². The lowest BCUT2D eigenvalue weighted by Gasteiger charge is -1.93. The minimum atomic E-state index is -1.06. The number of nitrogens with zero attached hydrogens (tertiary/aromatic N) is 1. The fourth-order valence-electron chi connectivity index (χ4n) is 0.702. The van der Waals surface area contributed by atoms with Gasteiger partial charge in [0.05, 0.1) is 7.11 Å². The number of carbonyl (C=O) groups excluding carboxylic acids is 2. The molecule has 0 aliphatic carbocycles. The minimum Gasteiger partial charge on any atom is -0.505 e. The number of aromatic nitrogens is 1. The molecule has 0 aliphatic rings. The van der Waals surface area contributed by atoms with Crippen molar-refractivity contribution in [2.75, 3.05) is 7.11 Å². The van der Waals surface area contributed by atoms with Crippen LogP contribution in [0.3, 0.4) is 0 Å². The smallest absolute Gasteiger partial charge is 0.378 e. The highest BCUT2D eigenvalue weighted by molar-refractivity contribution is 6.39. The topological polar surface area (TPSA) is 89.6 Å². The van der Waals surface area contributed by atoms with Gasteiger partial charge >= 0.3 is 5.97 Å². The van der Waals surface area contributed by atoms with Gasteiger partial charge in [0.2, 0.25) is 0 Å². The quantitative estimate of drug-likeness (QED) is 0.324. The van der Waals surface area contributed by atoms with Gasteiger partial charge in [0, 0.05) is 12.1 Å². The van der Waals surface area contributed by atoms with Gasteiger partial charge in [-0.3, -0.25) is 4.79 Å². The minimum absolute atomic E-state index is 0.0715. The third-order valence-electron chi connectivity index (χ3n) is 1.35. The maximum absolute atomic E-state index is 10.9. The third-order valence-corrected chi connectivity index (χ3v) is 1.35. The zero-order valence-electron chi connectivity index (χ0n) is 7.26. The first-order valence-electron chi connectivity index (χ1n) is 3.59. The molecule has 0 aliphatic heterocycles. The Morgan fingerprint density at radius 3 is 2.86 bits per heavy atom. The molecule has 1 rings (SSSR count). The number of aliphatic hydroxyl groups is 1. The summed E-state index contributed by atoms with van der Waals surface area (Å²) in [4.78, 5) is 21.6. The number of hydrogen-bond acceptors (Lipinski definition) is 6. The van der Waals surface area contributed by atoms with Gasteiger partial charge in [-0.15, -0.1) is 0 Å². The second-order valence-electron chi connectivity index (χ2n) is 2.27. The van der Waals surface area contributed by atoms with E-state index in [9.17, 15) is 14.7 Å². The summed E-state index contributed by atoms with van der Waals surface area (Å²) < 4.78 is 8.57. The number of carbonyl (C=O) groups is 2. The Hall–Kier alpha value is -2.11. The van der Waals surface area contributed by atoms with Crippen molar-refractivity contribution >= 4 is 17.5 Å². The van der Waals surface area contributed by atoms with Crippen molar-refractivity contribution < 1.29 is 24.0 Å². The van der Waals surface area contributed by atoms with Crippen LogP contribution in [-0.4, -0.2) is 29.1 Å². The SMILES string of the molecule is COC(=O)C(=O)C=C(O)c1ccon1. The summed E-state index contributed by atoms with van der Waals surface area (Å²) in [5.74, 6) is -2.47. The zero-order valence-corrected chi connectivity index (χ0v) is 7.26. The predicted molar refractivity (Wildman–Crippen MR) is 44.1 cm³/mol. The van der Waals surface area contributed by atoms with E-state index in [-0.39, 0.29) is 5.69 Å². The highest BCUT2D eigenvalue weighted by Gasteiger charge is 2.13. The van der Waals surface area contributed by atoms with Crippen LogP contribution in [-0.2, 0) is 14.3 Å². The van der Waals surface area contributed by atoms with Crippen molar-refractivity contribution in [3.05, 3.63) is 24.1 Å². The molecule has 1 heterocycles. The van der Waals surface area contributed by atoms with E-state index in [1.165, 1.54) is 12.3 Å². The summed E-state index contributed by atoms with van der Waals surface area (Å²) in [6.07, 6.45) is 1.94. The first-order chi connectivity index (χ1) is 6.65. The average Bonchev–Trinajstić information content (AvgIpc) is 2.69. The standard InChI is InChI=1S/C8H7NO5/c1-13-8(12)7(11)4-6(10)5-2-3-14-9-5/h2-4,10H,1H3. The molecule has 0 aromatic carbocycles. The lowest BCUT2D eigenvalue weighted by atomic mass is 10.3. The highest BCUT2D eigenvalue weighted by Crippen LogP contribution is 2.07. The van der Waals surface area contributed by atoms with E-state index >= 15 is 0 Å². The molecule has 0 amide bonds. The molecule has 74 valence electrons. The average molecular weight is 197 g/mol. The molecule has 0 saturated carbocycles. The maximum atomic E-state index is 10.9. The van der Waals surface area contributed by atoms with E-state index in [1.54, 1.807) is 0 Å². The Bertz CT molecular complexity index is 365. The first kappa shape index (κ1) is 9.97. The van der Waals surface area contributed by atoms with E-state index in [4.69, 9.17) is 0 Å². The van der Waals surface area contributed by atoms with Gasteiger partial charge in [-0.2, -0.15) is 0 Å². The van der Waals surface area contributed by atoms with Crippen molar-refractivity contribution in [1.82, 2.24) is 5.16 Å². The Balaban J connectivity index is 2.79. The van der Waals surface area contributed by atoms with E-state index in [1.807, 2.05) is 0 Å². The van der Waals surface area contributed by atoms with Crippen molar-refractivity contribution in [3.8, 4) is 0 Å². The van der Waals surface area contributed by atoms with E-state index < -0.39 is 17.5 Å². The van der Waals surface area contributed by atoms with Crippen LogP contribution in [0.1, 0.15) is 5.69 Å². The summed E-state index contributed by atoms with van der Waals surface area (Å²) in [7, 11) is 1.07. The van der Waals surface area contributed by atoms with Gasteiger partial charge in [0.1, 0.15) is 17.7 Å². The Kier molecular flexibility index (Phi) is 3.01. The summed E-state index contributed by atoms with van der Waals surface area (Å²) in [5.41, 5.74) is 0.0715. The maximum Gasteiger partial charge on any atom is 0.378 e. The fourth-order valence-corrected chi connectivity index (χ4v) is 0.702. The van der Waals surface area contributed by atoms with Gasteiger partial charge in [0.25, 0.3) is 5.78 Å².